The molecule has 2 N–H and O–H groups in total. The van der Waals surface area contributed by atoms with Crippen LogP contribution < -0.4 is 15.4 Å². The normalized spacial score (nSPS) is 14.9. The molecule has 0 radical (unpaired) electrons. The zero-order chi connectivity index (χ0) is 18.8. The number of hydrogen-bond donors (Lipinski definition) is 2. The number of nitrogens with one attached hydrogen (secondary N) is 2. The van der Waals surface area contributed by atoms with Gasteiger partial charge in [-0.1, -0.05) is 26.2 Å². The molecular weight excluding hydrogens is 330 g/mol. The summed E-state index contributed by atoms with van der Waals surface area (Å²) in [5.41, 5.74) is 0.738. The summed E-state index contributed by atoms with van der Waals surface area (Å²) in [6.45, 7) is 3.59. The number of hydrogen-bond acceptors (Lipinski definition) is 4. The van der Waals surface area contributed by atoms with E-state index >= 15 is 0 Å². The van der Waals surface area contributed by atoms with Gasteiger partial charge in [-0.05, 0) is 43.7 Å². The van der Waals surface area contributed by atoms with Crippen molar-refractivity contribution in [2.75, 3.05) is 32.1 Å². The molecule has 1 fully saturated rings. The first-order chi connectivity index (χ1) is 12.6. The van der Waals surface area contributed by atoms with Crippen LogP contribution in [0.4, 0.5) is 5.69 Å². The number of carbonyl (C=O) groups excluding carboxylic acids is 2. The molecule has 6 heteroatoms. The lowest BCUT2D eigenvalue weighted by Gasteiger charge is -2.24. The van der Waals surface area contributed by atoms with Crippen LogP contribution in [0.25, 0.3) is 0 Å². The van der Waals surface area contributed by atoms with Gasteiger partial charge in [0.25, 0.3) is 0 Å². The standard InChI is InChI=1S/C20H31N3O3/c1-3-23(14-13-19(24)21-16-7-5-4-6-8-16)15-20(25)22-17-9-11-18(26-2)12-10-17/h9-12,16H,3-8,13-15H2,1-2H3,(H,21,24)(H,22,25). The predicted molar refractivity (Wildman–Crippen MR) is 103 cm³/mol. The second kappa shape index (κ2) is 10.8. The van der Waals surface area contributed by atoms with Crippen molar-refractivity contribution >= 4 is 17.5 Å². The third-order valence-electron chi connectivity index (χ3n) is 4.81. The average molecular weight is 361 g/mol. The van der Waals surface area contributed by atoms with E-state index in [4.69, 9.17) is 4.74 Å². The summed E-state index contributed by atoms with van der Waals surface area (Å²) in [5.74, 6) is 0.762. The van der Waals surface area contributed by atoms with Gasteiger partial charge >= 0.3 is 0 Å². The lowest BCUT2D eigenvalue weighted by Crippen LogP contribution is -2.39. The van der Waals surface area contributed by atoms with Crippen molar-refractivity contribution in [2.24, 2.45) is 0 Å². The third kappa shape index (κ3) is 7.04. The van der Waals surface area contributed by atoms with Crippen LogP contribution in [-0.2, 0) is 9.59 Å². The minimum Gasteiger partial charge on any atom is -0.497 e. The Hall–Kier alpha value is -2.08. The first kappa shape index (κ1) is 20.2. The number of ether oxygens (including phenoxy) is 1. The molecule has 2 rings (SSSR count). The Morgan fingerprint density at radius 1 is 1.12 bits per heavy atom. The highest BCUT2D eigenvalue weighted by Gasteiger charge is 2.16. The number of carbonyl (C=O) groups is 2. The molecule has 1 aromatic rings. The van der Waals surface area contributed by atoms with Crippen LogP contribution >= 0.6 is 0 Å². The van der Waals surface area contributed by atoms with Gasteiger partial charge in [0.2, 0.25) is 11.8 Å². The zero-order valence-electron chi connectivity index (χ0n) is 15.9. The number of nitrogens with zero attached hydrogens (tertiary/aromatic N) is 1. The summed E-state index contributed by atoms with van der Waals surface area (Å²) in [6.07, 6.45) is 6.30. The van der Waals surface area contributed by atoms with Crippen LogP contribution in [0.5, 0.6) is 5.75 Å². The number of amides is 2. The molecule has 0 heterocycles. The van der Waals surface area contributed by atoms with Crippen LogP contribution in [0.2, 0.25) is 0 Å². The van der Waals surface area contributed by atoms with Gasteiger partial charge in [-0.15, -0.1) is 0 Å². The molecule has 2 amide bonds. The highest BCUT2D eigenvalue weighted by atomic mass is 16.5. The molecule has 0 atom stereocenters. The van der Waals surface area contributed by atoms with E-state index in [0.717, 1.165) is 30.8 Å². The monoisotopic (exact) mass is 361 g/mol. The van der Waals surface area contributed by atoms with Crippen molar-refractivity contribution in [1.82, 2.24) is 10.2 Å². The van der Waals surface area contributed by atoms with E-state index in [1.807, 2.05) is 36.1 Å². The molecule has 1 saturated carbocycles. The van der Waals surface area contributed by atoms with E-state index in [1.165, 1.54) is 19.3 Å². The van der Waals surface area contributed by atoms with Gasteiger partial charge in [-0.3, -0.25) is 14.5 Å². The summed E-state index contributed by atoms with van der Waals surface area (Å²) < 4.78 is 5.11. The Kier molecular flexibility index (Phi) is 8.41. The molecular formula is C20H31N3O3. The molecule has 1 aliphatic rings. The minimum absolute atomic E-state index is 0.0790. The van der Waals surface area contributed by atoms with Crippen LogP contribution in [0.15, 0.2) is 24.3 Å². The molecule has 144 valence electrons. The summed E-state index contributed by atoms with van der Waals surface area (Å²) >= 11 is 0. The Bertz CT molecular complexity index is 568. The summed E-state index contributed by atoms with van der Waals surface area (Å²) in [4.78, 5) is 26.3. The summed E-state index contributed by atoms with van der Waals surface area (Å²) in [6, 6.07) is 7.57. The lowest BCUT2D eigenvalue weighted by molar-refractivity contribution is -0.123. The predicted octanol–water partition coefficient (Wildman–Crippen LogP) is 2.79. The summed E-state index contributed by atoms with van der Waals surface area (Å²) in [7, 11) is 1.61. The number of rotatable bonds is 9. The first-order valence-corrected chi connectivity index (χ1v) is 9.56. The van der Waals surface area contributed by atoms with Crippen molar-refractivity contribution in [3.63, 3.8) is 0 Å². The topological polar surface area (TPSA) is 70.7 Å². The van der Waals surface area contributed by atoms with Gasteiger partial charge < -0.3 is 15.4 Å². The molecule has 1 aliphatic carbocycles. The Balaban J connectivity index is 1.71. The molecule has 0 aromatic heterocycles. The van der Waals surface area contributed by atoms with Gasteiger partial charge in [0.1, 0.15) is 5.75 Å². The molecule has 0 saturated heterocycles. The van der Waals surface area contributed by atoms with Crippen LogP contribution in [0, 0.1) is 0 Å². The van der Waals surface area contributed by atoms with Crippen LogP contribution in [0.3, 0.4) is 0 Å². The molecule has 0 unspecified atom stereocenters. The van der Waals surface area contributed by atoms with E-state index in [2.05, 4.69) is 10.6 Å². The fourth-order valence-corrected chi connectivity index (χ4v) is 3.23. The smallest absolute Gasteiger partial charge is 0.238 e. The quantitative estimate of drug-likeness (QED) is 0.709. The zero-order valence-corrected chi connectivity index (χ0v) is 15.9. The lowest BCUT2D eigenvalue weighted by atomic mass is 9.95. The highest BCUT2D eigenvalue weighted by molar-refractivity contribution is 5.92. The maximum absolute atomic E-state index is 12.2. The second-order valence-electron chi connectivity index (χ2n) is 6.80. The Morgan fingerprint density at radius 3 is 2.42 bits per heavy atom. The van der Waals surface area contributed by atoms with E-state index in [0.29, 0.717) is 19.0 Å². The third-order valence-corrected chi connectivity index (χ3v) is 4.81. The largest absolute Gasteiger partial charge is 0.497 e. The Labute approximate surface area is 156 Å². The van der Waals surface area contributed by atoms with Gasteiger partial charge in [-0.25, -0.2) is 0 Å². The maximum Gasteiger partial charge on any atom is 0.238 e. The average Bonchev–Trinajstić information content (AvgIpc) is 2.66. The van der Waals surface area contributed by atoms with E-state index < -0.39 is 0 Å². The van der Waals surface area contributed by atoms with Gasteiger partial charge in [0.05, 0.1) is 13.7 Å². The van der Waals surface area contributed by atoms with Gasteiger partial charge in [0, 0.05) is 24.7 Å². The van der Waals surface area contributed by atoms with Crippen molar-refractivity contribution in [1.29, 1.82) is 0 Å². The van der Waals surface area contributed by atoms with Crippen molar-refractivity contribution in [3.8, 4) is 5.75 Å². The summed E-state index contributed by atoms with van der Waals surface area (Å²) in [5, 5.41) is 6.00. The maximum atomic E-state index is 12.2. The van der Waals surface area contributed by atoms with E-state index in [-0.39, 0.29) is 18.4 Å². The number of anilines is 1. The number of benzene rings is 1. The molecule has 1 aromatic carbocycles. The first-order valence-electron chi connectivity index (χ1n) is 9.56. The molecule has 0 bridgehead atoms. The molecule has 6 nitrogen and oxygen atoms in total. The van der Waals surface area contributed by atoms with Crippen LogP contribution in [-0.4, -0.2) is 49.5 Å². The van der Waals surface area contributed by atoms with E-state index in [1.54, 1.807) is 7.11 Å². The fourth-order valence-electron chi connectivity index (χ4n) is 3.23. The number of likely N-dealkylation sites (N-methyl/N-ethyl adjacent to an activating group) is 1. The Morgan fingerprint density at radius 2 is 1.81 bits per heavy atom. The van der Waals surface area contributed by atoms with Crippen LogP contribution in [0.1, 0.15) is 45.4 Å². The van der Waals surface area contributed by atoms with Gasteiger partial charge in [-0.2, -0.15) is 0 Å². The molecule has 0 aliphatic heterocycles. The highest BCUT2D eigenvalue weighted by Crippen LogP contribution is 2.17. The van der Waals surface area contributed by atoms with Crippen molar-refractivity contribution < 1.29 is 14.3 Å². The molecule has 26 heavy (non-hydrogen) atoms. The minimum atomic E-state index is -0.0790. The van der Waals surface area contributed by atoms with Gasteiger partial charge in [0.15, 0.2) is 0 Å². The fraction of sp³-hybridized carbons (Fsp3) is 0.600. The number of methoxy groups -OCH3 is 1. The van der Waals surface area contributed by atoms with Crippen molar-refractivity contribution in [3.05, 3.63) is 24.3 Å². The van der Waals surface area contributed by atoms with Crippen molar-refractivity contribution in [2.45, 2.75) is 51.5 Å². The second-order valence-corrected chi connectivity index (χ2v) is 6.80. The molecule has 0 spiro atoms. The van der Waals surface area contributed by atoms with E-state index in [9.17, 15) is 9.59 Å². The SMILES string of the molecule is CCN(CCC(=O)NC1CCCCC1)CC(=O)Nc1ccc(OC)cc1.